The Balaban J connectivity index is 2.42. The van der Waals surface area contributed by atoms with Gasteiger partial charge in [0, 0.05) is 24.4 Å². The van der Waals surface area contributed by atoms with Crippen LogP contribution in [0.5, 0.6) is 0 Å². The summed E-state index contributed by atoms with van der Waals surface area (Å²) >= 11 is 1.22. The minimum absolute atomic E-state index is 0.0443. The number of aliphatic hydroxyl groups is 1. The van der Waals surface area contributed by atoms with Crippen LogP contribution >= 0.6 is 11.3 Å². The van der Waals surface area contributed by atoms with Gasteiger partial charge in [-0.15, -0.1) is 11.3 Å². The largest absolute Gasteiger partial charge is 0.396 e. The molecule has 110 valence electrons. The topological polar surface area (TPSA) is 66.4 Å². The van der Waals surface area contributed by atoms with E-state index in [9.17, 15) is 8.42 Å². The van der Waals surface area contributed by atoms with Crippen LogP contribution in [0.15, 0.2) is 16.3 Å². The van der Waals surface area contributed by atoms with E-state index in [4.69, 9.17) is 5.11 Å². The molecule has 0 fully saturated rings. The van der Waals surface area contributed by atoms with Crippen molar-refractivity contribution in [1.29, 1.82) is 0 Å². The smallest absolute Gasteiger partial charge is 0.250 e. The predicted molar refractivity (Wildman–Crippen MR) is 79.0 cm³/mol. The summed E-state index contributed by atoms with van der Waals surface area (Å²) in [7, 11) is -3.37. The molecular formula is C13H23NO3S2. The summed E-state index contributed by atoms with van der Waals surface area (Å²) in [5.74, 6) is 0.662. The second kappa shape index (κ2) is 7.99. The Morgan fingerprint density at radius 3 is 2.68 bits per heavy atom. The monoisotopic (exact) mass is 305 g/mol. The van der Waals surface area contributed by atoms with Crippen LogP contribution in [-0.2, 0) is 16.4 Å². The van der Waals surface area contributed by atoms with Crippen LogP contribution in [-0.4, -0.2) is 26.7 Å². The van der Waals surface area contributed by atoms with Crippen molar-refractivity contribution in [3.63, 3.8) is 0 Å². The van der Waals surface area contributed by atoms with E-state index in [-0.39, 0.29) is 6.61 Å². The van der Waals surface area contributed by atoms with E-state index in [0.29, 0.717) is 23.1 Å². The summed E-state index contributed by atoms with van der Waals surface area (Å²) in [6.45, 7) is 4.86. The van der Waals surface area contributed by atoms with Gasteiger partial charge in [0.05, 0.1) is 0 Å². The highest BCUT2D eigenvalue weighted by Gasteiger charge is 2.15. The highest BCUT2D eigenvalue weighted by molar-refractivity contribution is 7.91. The van der Waals surface area contributed by atoms with Crippen LogP contribution < -0.4 is 4.72 Å². The number of thiophene rings is 1. The Hall–Kier alpha value is -0.430. The molecule has 1 aromatic heterocycles. The molecule has 0 bridgehead atoms. The predicted octanol–water partition coefficient (Wildman–Crippen LogP) is 2.39. The van der Waals surface area contributed by atoms with Gasteiger partial charge in [-0.1, -0.05) is 26.7 Å². The van der Waals surface area contributed by atoms with Gasteiger partial charge in [-0.25, -0.2) is 13.1 Å². The summed E-state index contributed by atoms with van der Waals surface area (Å²) < 4.78 is 26.9. The van der Waals surface area contributed by atoms with Crippen LogP contribution in [0.3, 0.4) is 0 Å². The van der Waals surface area contributed by atoms with Crippen molar-refractivity contribution in [2.45, 2.75) is 43.7 Å². The third kappa shape index (κ3) is 6.03. The van der Waals surface area contributed by atoms with Crippen molar-refractivity contribution in [3.8, 4) is 0 Å². The van der Waals surface area contributed by atoms with Gasteiger partial charge >= 0.3 is 0 Å². The molecule has 0 atom stereocenters. The Morgan fingerprint density at radius 1 is 1.32 bits per heavy atom. The van der Waals surface area contributed by atoms with Crippen LogP contribution in [0.25, 0.3) is 0 Å². The SMILES string of the molecule is CC(C)CCCCNS(=O)(=O)c1ccc(CCO)s1. The molecule has 1 rings (SSSR count). The molecule has 0 aliphatic carbocycles. The van der Waals surface area contributed by atoms with Gasteiger partial charge in [0.25, 0.3) is 0 Å². The molecule has 0 unspecified atom stereocenters. The van der Waals surface area contributed by atoms with Gasteiger partial charge in [-0.2, -0.15) is 0 Å². The maximum atomic E-state index is 12.0. The van der Waals surface area contributed by atoms with Crippen LogP contribution in [0.2, 0.25) is 0 Å². The summed E-state index contributed by atoms with van der Waals surface area (Å²) in [5.41, 5.74) is 0. The van der Waals surface area contributed by atoms with Gasteiger partial charge < -0.3 is 5.11 Å². The normalized spacial score (nSPS) is 12.2. The zero-order chi connectivity index (χ0) is 14.3. The molecule has 0 spiro atoms. The van der Waals surface area contributed by atoms with E-state index in [1.807, 2.05) is 0 Å². The molecule has 0 aliphatic heterocycles. The summed E-state index contributed by atoms with van der Waals surface area (Å²) in [4.78, 5) is 0.891. The van der Waals surface area contributed by atoms with E-state index in [1.165, 1.54) is 11.3 Å². The average Bonchev–Trinajstić information content (AvgIpc) is 2.78. The fourth-order valence-corrected chi connectivity index (χ4v) is 4.17. The molecule has 0 saturated carbocycles. The van der Waals surface area contributed by atoms with Gasteiger partial charge in [-0.3, -0.25) is 0 Å². The number of unbranched alkanes of at least 4 members (excludes halogenated alkanes) is 1. The van der Waals surface area contributed by atoms with Gasteiger partial charge in [0.2, 0.25) is 10.0 Å². The number of hydrogen-bond donors (Lipinski definition) is 2. The molecule has 0 amide bonds. The van der Waals surface area contributed by atoms with Crippen molar-refractivity contribution in [3.05, 3.63) is 17.0 Å². The summed E-state index contributed by atoms with van der Waals surface area (Å²) in [5, 5.41) is 8.82. The molecule has 0 saturated heterocycles. The van der Waals surface area contributed by atoms with Crippen molar-refractivity contribution in [2.75, 3.05) is 13.2 Å². The first-order chi connectivity index (χ1) is 8.95. The lowest BCUT2D eigenvalue weighted by Gasteiger charge is -2.06. The fourth-order valence-electron chi connectivity index (χ4n) is 1.70. The van der Waals surface area contributed by atoms with Crippen molar-refractivity contribution in [2.24, 2.45) is 5.92 Å². The lowest BCUT2D eigenvalue weighted by atomic mass is 10.1. The number of aliphatic hydroxyl groups excluding tert-OH is 1. The average molecular weight is 305 g/mol. The van der Waals surface area contributed by atoms with Crippen LogP contribution in [0.4, 0.5) is 0 Å². The minimum atomic E-state index is -3.37. The van der Waals surface area contributed by atoms with Crippen molar-refractivity contribution < 1.29 is 13.5 Å². The zero-order valence-electron chi connectivity index (χ0n) is 11.6. The Morgan fingerprint density at radius 2 is 2.05 bits per heavy atom. The van der Waals surface area contributed by atoms with E-state index in [2.05, 4.69) is 18.6 Å². The highest BCUT2D eigenvalue weighted by atomic mass is 32.2. The molecule has 4 nitrogen and oxygen atoms in total. The molecule has 1 aromatic rings. The maximum Gasteiger partial charge on any atom is 0.250 e. The number of rotatable bonds is 9. The Kier molecular flexibility index (Phi) is 6.99. The number of hydrogen-bond acceptors (Lipinski definition) is 4. The molecule has 6 heteroatoms. The van der Waals surface area contributed by atoms with Crippen LogP contribution in [0.1, 0.15) is 38.0 Å². The Labute approximate surface area is 119 Å². The van der Waals surface area contributed by atoms with Crippen molar-refractivity contribution in [1.82, 2.24) is 4.72 Å². The molecule has 0 aliphatic rings. The van der Waals surface area contributed by atoms with E-state index < -0.39 is 10.0 Å². The molecule has 0 radical (unpaired) electrons. The molecular weight excluding hydrogens is 282 g/mol. The van der Waals surface area contributed by atoms with Gasteiger partial charge in [0.15, 0.2) is 0 Å². The molecule has 19 heavy (non-hydrogen) atoms. The lowest BCUT2D eigenvalue weighted by Crippen LogP contribution is -2.24. The third-order valence-electron chi connectivity index (χ3n) is 2.76. The van der Waals surface area contributed by atoms with E-state index in [1.54, 1.807) is 12.1 Å². The lowest BCUT2D eigenvalue weighted by molar-refractivity contribution is 0.300. The van der Waals surface area contributed by atoms with Crippen LogP contribution in [0, 0.1) is 5.92 Å². The third-order valence-corrected chi connectivity index (χ3v) is 5.86. The maximum absolute atomic E-state index is 12.0. The van der Waals surface area contributed by atoms with Gasteiger partial charge in [0.1, 0.15) is 4.21 Å². The summed E-state index contributed by atoms with van der Waals surface area (Å²) in [6, 6.07) is 3.36. The zero-order valence-corrected chi connectivity index (χ0v) is 13.2. The first kappa shape index (κ1) is 16.6. The first-order valence-electron chi connectivity index (χ1n) is 6.65. The van der Waals surface area contributed by atoms with Crippen molar-refractivity contribution >= 4 is 21.4 Å². The fraction of sp³-hybridized carbons (Fsp3) is 0.692. The Bertz CT molecular complexity index is 466. The highest BCUT2D eigenvalue weighted by Crippen LogP contribution is 2.21. The van der Waals surface area contributed by atoms with Gasteiger partial charge in [-0.05, 0) is 24.5 Å². The quantitative estimate of drug-likeness (QED) is 0.688. The van der Waals surface area contributed by atoms with E-state index >= 15 is 0 Å². The standard InChI is InChI=1S/C13H23NO3S2/c1-11(2)5-3-4-9-14-19(16,17)13-7-6-12(18-13)8-10-15/h6-7,11,14-15H,3-5,8-10H2,1-2H3. The minimum Gasteiger partial charge on any atom is -0.396 e. The second-order valence-electron chi connectivity index (χ2n) is 4.98. The molecule has 2 N–H and O–H groups in total. The molecule has 1 heterocycles. The molecule has 0 aromatic carbocycles. The first-order valence-corrected chi connectivity index (χ1v) is 8.95. The summed E-state index contributed by atoms with van der Waals surface area (Å²) in [6.07, 6.45) is 3.54. The number of nitrogens with one attached hydrogen (secondary N) is 1. The number of sulfonamides is 1. The second-order valence-corrected chi connectivity index (χ2v) is 8.14. The van der Waals surface area contributed by atoms with E-state index in [0.717, 1.165) is 24.1 Å².